The van der Waals surface area contributed by atoms with Crippen LogP contribution in [0.2, 0.25) is 0 Å². The average molecular weight is 453 g/mol. The van der Waals surface area contributed by atoms with Crippen molar-refractivity contribution in [2.75, 3.05) is 10.2 Å². The molecule has 1 saturated heterocycles. The molecule has 2 fully saturated rings. The Morgan fingerprint density at radius 2 is 1.50 bits per heavy atom. The Labute approximate surface area is 199 Å². The number of aryl methyl sites for hydroxylation is 2. The Morgan fingerprint density at radius 1 is 0.824 bits per heavy atom. The number of amides is 3. The quantitative estimate of drug-likeness (QED) is 0.522. The Balaban J connectivity index is 1.37. The molecule has 5 rings (SSSR count). The number of para-hydroxylation sites is 1. The van der Waals surface area contributed by atoms with Crippen LogP contribution in [0.3, 0.4) is 0 Å². The molecule has 34 heavy (non-hydrogen) atoms. The van der Waals surface area contributed by atoms with Crippen LogP contribution in [0.25, 0.3) is 0 Å². The van der Waals surface area contributed by atoms with Crippen LogP contribution in [0.1, 0.15) is 52.2 Å². The molecule has 3 atom stereocenters. The van der Waals surface area contributed by atoms with Crippen LogP contribution in [0, 0.1) is 25.7 Å². The highest BCUT2D eigenvalue weighted by Crippen LogP contribution is 2.45. The summed E-state index contributed by atoms with van der Waals surface area (Å²) in [5, 5.41) is 2.98. The molecule has 1 saturated carbocycles. The number of hydrogen-bond acceptors (Lipinski definition) is 3. The van der Waals surface area contributed by atoms with Gasteiger partial charge >= 0.3 is 0 Å². The molecule has 1 aliphatic carbocycles. The van der Waals surface area contributed by atoms with E-state index in [2.05, 4.69) is 17.4 Å². The predicted molar refractivity (Wildman–Crippen MR) is 133 cm³/mol. The van der Waals surface area contributed by atoms with E-state index >= 15 is 0 Å². The minimum absolute atomic E-state index is 0.145. The molecule has 5 heteroatoms. The van der Waals surface area contributed by atoms with Crippen LogP contribution >= 0.6 is 0 Å². The average Bonchev–Trinajstić information content (AvgIpc) is 3.11. The number of rotatable bonds is 4. The fraction of sp³-hybridized carbons (Fsp3) is 0.276. The fourth-order valence-corrected chi connectivity index (χ4v) is 5.45. The van der Waals surface area contributed by atoms with Gasteiger partial charge in [0.15, 0.2) is 0 Å². The lowest BCUT2D eigenvalue weighted by atomic mass is 9.73. The molecule has 1 heterocycles. The summed E-state index contributed by atoms with van der Waals surface area (Å²) in [5.74, 6) is -0.858. The van der Waals surface area contributed by atoms with Crippen molar-refractivity contribution in [1.82, 2.24) is 0 Å². The van der Waals surface area contributed by atoms with Crippen LogP contribution in [-0.4, -0.2) is 17.7 Å². The summed E-state index contributed by atoms with van der Waals surface area (Å²) in [6.07, 6.45) is 2.29. The number of anilines is 2. The van der Waals surface area contributed by atoms with Gasteiger partial charge in [0, 0.05) is 11.3 Å². The lowest BCUT2D eigenvalue weighted by Crippen LogP contribution is -2.31. The Bertz CT molecular complexity index is 1250. The highest BCUT2D eigenvalue weighted by atomic mass is 16.2. The minimum atomic E-state index is -0.307. The zero-order valence-corrected chi connectivity index (χ0v) is 19.5. The second-order valence-corrected chi connectivity index (χ2v) is 9.42. The zero-order chi connectivity index (χ0) is 23.8. The number of nitrogens with one attached hydrogen (secondary N) is 1. The maximum atomic E-state index is 13.4. The first-order valence-electron chi connectivity index (χ1n) is 11.8. The molecule has 1 N–H and O–H groups in total. The summed E-state index contributed by atoms with van der Waals surface area (Å²) in [4.78, 5) is 41.0. The van der Waals surface area contributed by atoms with E-state index in [4.69, 9.17) is 0 Å². The molecule has 0 aromatic heterocycles. The third-order valence-electron chi connectivity index (χ3n) is 7.28. The van der Waals surface area contributed by atoms with E-state index in [0.717, 1.165) is 23.2 Å². The summed E-state index contributed by atoms with van der Waals surface area (Å²) in [6, 6.07) is 22.9. The highest BCUT2D eigenvalue weighted by molar-refractivity contribution is 6.22. The monoisotopic (exact) mass is 452 g/mol. The SMILES string of the molecule is Cc1cccc(C)c1NC(=O)c1cccc(N2C(=O)[C@@H]3CC[C@H](c4ccccc4)C[C@H]3C2=O)c1. The van der Waals surface area contributed by atoms with Crippen LogP contribution in [0.4, 0.5) is 11.4 Å². The van der Waals surface area contributed by atoms with Gasteiger partial charge in [-0.1, -0.05) is 54.6 Å². The second-order valence-electron chi connectivity index (χ2n) is 9.42. The molecule has 2 aliphatic rings. The third-order valence-corrected chi connectivity index (χ3v) is 7.28. The van der Waals surface area contributed by atoms with Gasteiger partial charge in [-0.15, -0.1) is 0 Å². The predicted octanol–water partition coefficient (Wildman–Crippen LogP) is 5.63. The van der Waals surface area contributed by atoms with E-state index in [1.807, 2.05) is 50.2 Å². The number of nitrogens with zero attached hydrogens (tertiary/aromatic N) is 1. The van der Waals surface area contributed by atoms with Gasteiger partial charge in [0.2, 0.25) is 11.8 Å². The Kier molecular flexibility index (Phi) is 5.78. The summed E-state index contributed by atoms with van der Waals surface area (Å²) in [7, 11) is 0. The van der Waals surface area contributed by atoms with Crippen molar-refractivity contribution < 1.29 is 14.4 Å². The largest absolute Gasteiger partial charge is 0.322 e. The van der Waals surface area contributed by atoms with Crippen molar-refractivity contribution in [1.29, 1.82) is 0 Å². The van der Waals surface area contributed by atoms with Crippen molar-refractivity contribution in [2.24, 2.45) is 11.8 Å². The van der Waals surface area contributed by atoms with Gasteiger partial charge in [-0.3, -0.25) is 19.3 Å². The van der Waals surface area contributed by atoms with Crippen molar-refractivity contribution in [3.05, 3.63) is 95.1 Å². The Morgan fingerprint density at radius 3 is 2.24 bits per heavy atom. The van der Waals surface area contributed by atoms with Crippen molar-refractivity contribution in [3.63, 3.8) is 0 Å². The first-order chi connectivity index (χ1) is 16.4. The van der Waals surface area contributed by atoms with Gasteiger partial charge < -0.3 is 5.32 Å². The topological polar surface area (TPSA) is 66.5 Å². The number of imide groups is 1. The van der Waals surface area contributed by atoms with E-state index in [1.54, 1.807) is 24.3 Å². The molecular weight excluding hydrogens is 424 g/mol. The van der Waals surface area contributed by atoms with E-state index < -0.39 is 0 Å². The minimum Gasteiger partial charge on any atom is -0.322 e. The van der Waals surface area contributed by atoms with E-state index in [0.29, 0.717) is 24.1 Å². The van der Waals surface area contributed by atoms with E-state index in [9.17, 15) is 14.4 Å². The van der Waals surface area contributed by atoms with E-state index in [1.165, 1.54) is 10.5 Å². The lowest BCUT2D eigenvalue weighted by molar-refractivity contribution is -0.122. The molecule has 0 bridgehead atoms. The third kappa shape index (κ3) is 3.92. The fourth-order valence-electron chi connectivity index (χ4n) is 5.45. The number of carbonyl (C=O) groups is 3. The van der Waals surface area contributed by atoms with Crippen molar-refractivity contribution >= 4 is 29.1 Å². The lowest BCUT2D eigenvalue weighted by Gasteiger charge is -2.28. The standard InChI is InChI=1S/C29H28N2O3/c1-18-8-6-9-19(2)26(18)30-27(32)22-12-7-13-23(16-22)31-28(33)24-15-14-21(17-25(24)29(31)34)20-10-4-3-5-11-20/h3-13,16,21,24-25H,14-15,17H2,1-2H3,(H,30,32)/t21-,24+,25+/m0/s1. The molecule has 0 radical (unpaired) electrons. The molecule has 3 aromatic carbocycles. The van der Waals surface area contributed by atoms with Gasteiger partial charge in [-0.2, -0.15) is 0 Å². The molecule has 5 nitrogen and oxygen atoms in total. The van der Waals surface area contributed by atoms with Gasteiger partial charge in [0.1, 0.15) is 0 Å². The number of benzene rings is 3. The smallest absolute Gasteiger partial charge is 0.255 e. The maximum Gasteiger partial charge on any atom is 0.255 e. The zero-order valence-electron chi connectivity index (χ0n) is 19.5. The first kappa shape index (κ1) is 22.1. The number of fused-ring (bicyclic) bond motifs is 1. The van der Waals surface area contributed by atoms with Gasteiger partial charge in [-0.05, 0) is 73.9 Å². The van der Waals surface area contributed by atoms with Crippen LogP contribution < -0.4 is 10.2 Å². The number of carbonyl (C=O) groups excluding carboxylic acids is 3. The first-order valence-corrected chi connectivity index (χ1v) is 11.8. The maximum absolute atomic E-state index is 13.4. The normalized spacial score (nSPS) is 21.9. The van der Waals surface area contributed by atoms with Crippen molar-refractivity contribution in [3.8, 4) is 0 Å². The molecule has 3 aromatic rings. The summed E-state index contributed by atoms with van der Waals surface area (Å²) < 4.78 is 0. The van der Waals surface area contributed by atoms with Gasteiger partial charge in [0.05, 0.1) is 17.5 Å². The summed E-state index contributed by atoms with van der Waals surface area (Å²) in [6.45, 7) is 3.90. The van der Waals surface area contributed by atoms with Gasteiger partial charge in [-0.25, -0.2) is 0 Å². The number of hydrogen-bond donors (Lipinski definition) is 1. The molecular formula is C29H28N2O3. The Hall–Kier alpha value is -3.73. The van der Waals surface area contributed by atoms with Crippen LogP contribution in [-0.2, 0) is 9.59 Å². The molecule has 172 valence electrons. The summed E-state index contributed by atoms with van der Waals surface area (Å²) >= 11 is 0. The van der Waals surface area contributed by atoms with Crippen LogP contribution in [0.15, 0.2) is 72.8 Å². The van der Waals surface area contributed by atoms with Gasteiger partial charge in [0.25, 0.3) is 5.91 Å². The highest BCUT2D eigenvalue weighted by Gasteiger charge is 2.50. The molecule has 1 aliphatic heterocycles. The van der Waals surface area contributed by atoms with Crippen molar-refractivity contribution in [2.45, 2.75) is 39.0 Å². The molecule has 0 unspecified atom stereocenters. The van der Waals surface area contributed by atoms with Crippen LogP contribution in [0.5, 0.6) is 0 Å². The second kappa shape index (κ2) is 8.90. The summed E-state index contributed by atoms with van der Waals surface area (Å²) in [5.41, 5.74) is 4.85. The van der Waals surface area contributed by atoms with E-state index in [-0.39, 0.29) is 35.5 Å². The molecule has 3 amide bonds. The molecule has 0 spiro atoms.